The monoisotopic (exact) mass is 351 g/mol. The minimum absolute atomic E-state index is 0.0409. The number of nitrogens with one attached hydrogen (secondary N) is 1. The number of ether oxygens (including phenoxy) is 1. The Morgan fingerprint density at radius 3 is 3.04 bits per heavy atom. The summed E-state index contributed by atoms with van der Waals surface area (Å²) < 4.78 is 5.46. The fourth-order valence-electron chi connectivity index (χ4n) is 1.65. The fraction of sp³-hybridized carbons (Fsp3) is 0.167. The molecule has 0 aliphatic carbocycles. The Kier molecular flexibility index (Phi) is 4.48. The van der Waals surface area contributed by atoms with Gasteiger partial charge in [0.05, 0.1) is 16.7 Å². The summed E-state index contributed by atoms with van der Waals surface area (Å²) in [6.07, 6.45) is 0. The molecule has 1 aliphatic heterocycles. The Hall–Kier alpha value is -2.53. The van der Waals surface area contributed by atoms with Gasteiger partial charge >= 0.3 is 0 Å². The van der Waals surface area contributed by atoms with E-state index in [2.05, 4.69) is 20.5 Å². The second kappa shape index (κ2) is 6.71. The molecule has 0 radical (unpaired) electrons. The van der Waals surface area contributed by atoms with E-state index in [-0.39, 0.29) is 18.2 Å². The number of amidine groups is 1. The van der Waals surface area contributed by atoms with E-state index in [4.69, 9.17) is 4.74 Å². The van der Waals surface area contributed by atoms with E-state index < -0.39 is 4.92 Å². The highest BCUT2D eigenvalue weighted by atomic mass is 32.2. The topological polar surface area (TPSA) is 120 Å². The van der Waals surface area contributed by atoms with Gasteiger partial charge in [0.15, 0.2) is 10.2 Å². The molecule has 1 fully saturated rings. The van der Waals surface area contributed by atoms with Crippen molar-refractivity contribution in [3.05, 3.63) is 39.4 Å². The van der Waals surface area contributed by atoms with Crippen molar-refractivity contribution in [2.45, 2.75) is 6.61 Å². The maximum absolute atomic E-state index is 11.1. The van der Waals surface area contributed by atoms with E-state index >= 15 is 0 Å². The Labute approximate surface area is 137 Å². The SMILES string of the molecule is O=C1CS/C(=N/c2nnc(COc3cccc([N+](=O)[O-])c3)s2)N1. The van der Waals surface area contributed by atoms with Crippen LogP contribution in [0.2, 0.25) is 0 Å². The number of nitro benzene ring substituents is 1. The van der Waals surface area contributed by atoms with Crippen LogP contribution in [0.1, 0.15) is 5.01 Å². The van der Waals surface area contributed by atoms with Gasteiger partial charge in [-0.05, 0) is 6.07 Å². The highest BCUT2D eigenvalue weighted by molar-refractivity contribution is 8.15. The van der Waals surface area contributed by atoms with Gasteiger partial charge in [0, 0.05) is 6.07 Å². The number of nitrogens with zero attached hydrogens (tertiary/aromatic N) is 4. The number of benzene rings is 1. The van der Waals surface area contributed by atoms with Gasteiger partial charge in [-0.1, -0.05) is 29.2 Å². The lowest BCUT2D eigenvalue weighted by molar-refractivity contribution is -0.384. The molecule has 1 aliphatic rings. The van der Waals surface area contributed by atoms with Crippen molar-refractivity contribution < 1.29 is 14.5 Å². The van der Waals surface area contributed by atoms with Crippen LogP contribution in [-0.2, 0) is 11.4 Å². The minimum Gasteiger partial charge on any atom is -0.486 e. The van der Waals surface area contributed by atoms with E-state index in [1.807, 2.05) is 0 Å². The normalized spacial score (nSPS) is 15.7. The van der Waals surface area contributed by atoms with Crippen molar-refractivity contribution in [3.8, 4) is 5.75 Å². The first kappa shape index (κ1) is 15.4. The van der Waals surface area contributed by atoms with Crippen LogP contribution in [0.15, 0.2) is 29.3 Å². The number of aromatic nitrogens is 2. The van der Waals surface area contributed by atoms with E-state index in [1.54, 1.807) is 12.1 Å². The Morgan fingerprint density at radius 2 is 2.30 bits per heavy atom. The number of nitro groups is 1. The van der Waals surface area contributed by atoms with Crippen LogP contribution >= 0.6 is 23.1 Å². The molecular weight excluding hydrogens is 342 g/mol. The van der Waals surface area contributed by atoms with Crippen molar-refractivity contribution >= 4 is 45.0 Å². The third kappa shape index (κ3) is 4.02. The average Bonchev–Trinajstić information content (AvgIpc) is 3.15. The summed E-state index contributed by atoms with van der Waals surface area (Å²) in [5, 5.41) is 22.6. The highest BCUT2D eigenvalue weighted by Crippen LogP contribution is 2.24. The standard InChI is InChI=1S/C12H9N5O4S2/c18-9-6-22-11(13-9)14-12-16-15-10(23-12)5-21-8-3-1-2-7(4-8)17(19)20/h1-4H,5-6H2,(H,13,14,16,18). The third-order valence-corrected chi connectivity index (χ3v) is 4.29. The predicted molar refractivity (Wildman–Crippen MR) is 85.0 cm³/mol. The lowest BCUT2D eigenvalue weighted by Gasteiger charge is -2.02. The molecule has 0 bridgehead atoms. The Bertz CT molecular complexity index is 791. The molecule has 0 spiro atoms. The van der Waals surface area contributed by atoms with Crippen molar-refractivity contribution in [1.82, 2.24) is 15.5 Å². The molecule has 118 valence electrons. The number of carbonyl (C=O) groups excluding carboxylic acids is 1. The second-order valence-corrected chi connectivity index (χ2v) is 6.28. The van der Waals surface area contributed by atoms with Crippen molar-refractivity contribution in [2.24, 2.45) is 4.99 Å². The summed E-state index contributed by atoms with van der Waals surface area (Å²) in [4.78, 5) is 25.5. The van der Waals surface area contributed by atoms with Crippen LogP contribution in [0.5, 0.6) is 5.75 Å². The van der Waals surface area contributed by atoms with E-state index in [0.29, 0.717) is 26.8 Å². The summed E-state index contributed by atoms with van der Waals surface area (Å²) in [5.74, 6) is 0.633. The number of hydrogen-bond acceptors (Lipinski definition) is 9. The number of amides is 1. The molecule has 3 rings (SSSR count). The minimum atomic E-state index is -0.487. The number of thioether (sulfide) groups is 1. The van der Waals surface area contributed by atoms with Crippen molar-refractivity contribution in [2.75, 3.05) is 5.75 Å². The quantitative estimate of drug-likeness (QED) is 0.645. The largest absolute Gasteiger partial charge is 0.486 e. The number of aliphatic imine (C=N–C) groups is 1. The molecule has 9 nitrogen and oxygen atoms in total. The van der Waals surface area contributed by atoms with E-state index in [1.165, 1.54) is 35.2 Å². The molecule has 2 heterocycles. The number of rotatable bonds is 5. The smallest absolute Gasteiger partial charge is 0.273 e. The first-order chi connectivity index (χ1) is 11.1. The summed E-state index contributed by atoms with van der Waals surface area (Å²) in [7, 11) is 0. The van der Waals surface area contributed by atoms with Crippen LogP contribution in [0.3, 0.4) is 0 Å². The molecule has 1 aromatic carbocycles. The molecule has 0 saturated carbocycles. The van der Waals surface area contributed by atoms with Gasteiger partial charge in [-0.3, -0.25) is 14.9 Å². The number of hydrogen-bond donors (Lipinski definition) is 1. The van der Waals surface area contributed by atoms with Gasteiger partial charge in [-0.15, -0.1) is 10.2 Å². The zero-order valence-electron chi connectivity index (χ0n) is 11.5. The fourth-order valence-corrected chi connectivity index (χ4v) is 3.02. The van der Waals surface area contributed by atoms with Gasteiger partial charge in [-0.2, -0.15) is 4.99 Å². The lowest BCUT2D eigenvalue weighted by atomic mass is 10.3. The first-order valence-corrected chi connectivity index (χ1v) is 8.11. The molecule has 11 heteroatoms. The molecule has 1 N–H and O–H groups in total. The lowest BCUT2D eigenvalue weighted by Crippen LogP contribution is -2.19. The molecule has 0 atom stereocenters. The molecule has 0 unspecified atom stereocenters. The third-order valence-electron chi connectivity index (χ3n) is 2.63. The summed E-state index contributed by atoms with van der Waals surface area (Å²) in [6.45, 7) is 0.128. The van der Waals surface area contributed by atoms with Gasteiger partial charge in [0.25, 0.3) is 5.69 Å². The summed E-state index contributed by atoms with van der Waals surface area (Å²) >= 11 is 2.52. The van der Waals surface area contributed by atoms with Gasteiger partial charge in [0.1, 0.15) is 12.4 Å². The molecular formula is C12H9N5O4S2. The Morgan fingerprint density at radius 1 is 1.43 bits per heavy atom. The van der Waals surface area contributed by atoms with Crippen molar-refractivity contribution in [3.63, 3.8) is 0 Å². The average molecular weight is 351 g/mol. The van der Waals surface area contributed by atoms with Crippen LogP contribution in [0, 0.1) is 10.1 Å². The van der Waals surface area contributed by atoms with E-state index in [0.717, 1.165) is 0 Å². The van der Waals surface area contributed by atoms with Crippen molar-refractivity contribution in [1.29, 1.82) is 0 Å². The molecule has 1 amide bonds. The predicted octanol–water partition coefficient (Wildman–Crippen LogP) is 1.88. The summed E-state index contributed by atoms with van der Waals surface area (Å²) in [6, 6.07) is 5.90. The Balaban J connectivity index is 1.62. The molecule has 23 heavy (non-hydrogen) atoms. The molecule has 2 aromatic rings. The summed E-state index contributed by atoms with van der Waals surface area (Å²) in [5.41, 5.74) is -0.0409. The van der Waals surface area contributed by atoms with Gasteiger partial charge < -0.3 is 10.1 Å². The number of carbonyl (C=O) groups is 1. The molecule has 1 aromatic heterocycles. The first-order valence-electron chi connectivity index (χ1n) is 6.31. The number of non-ortho nitro benzene ring substituents is 1. The van der Waals surface area contributed by atoms with E-state index in [9.17, 15) is 14.9 Å². The second-order valence-electron chi connectivity index (χ2n) is 4.28. The van der Waals surface area contributed by atoms with Gasteiger partial charge in [0.2, 0.25) is 11.0 Å². The van der Waals surface area contributed by atoms with Crippen LogP contribution < -0.4 is 10.1 Å². The van der Waals surface area contributed by atoms with Crippen LogP contribution in [0.4, 0.5) is 10.8 Å². The maximum atomic E-state index is 11.1. The molecule has 1 saturated heterocycles. The highest BCUT2D eigenvalue weighted by Gasteiger charge is 2.17. The van der Waals surface area contributed by atoms with Gasteiger partial charge in [-0.25, -0.2) is 0 Å². The van der Waals surface area contributed by atoms with Crippen LogP contribution in [-0.4, -0.2) is 31.9 Å². The zero-order chi connectivity index (χ0) is 16.2. The van der Waals surface area contributed by atoms with Crippen LogP contribution in [0.25, 0.3) is 0 Å². The maximum Gasteiger partial charge on any atom is 0.273 e. The zero-order valence-corrected chi connectivity index (χ0v) is 13.1.